The number of hydrogen-bond donors (Lipinski definition) is 16. The summed E-state index contributed by atoms with van der Waals surface area (Å²) in [5.74, 6) is -13.7. The highest BCUT2D eigenvalue weighted by Crippen LogP contribution is 2.72. The predicted octanol–water partition coefficient (Wildman–Crippen LogP) is 2.56. The van der Waals surface area contributed by atoms with E-state index in [-0.39, 0.29) is 75.3 Å². The number of nitrogens with two attached hydrogens (primary N) is 1. The van der Waals surface area contributed by atoms with E-state index < -0.39 is 222 Å². The lowest BCUT2D eigenvalue weighted by molar-refractivity contribution is -0.206. The van der Waals surface area contributed by atoms with Gasteiger partial charge in [-0.05, 0) is 106 Å². The van der Waals surface area contributed by atoms with E-state index in [4.69, 9.17) is 29.9 Å². The Bertz CT molecular complexity index is 5140. The molecular formula is C90H112N12O26S2. The van der Waals surface area contributed by atoms with Gasteiger partial charge in [-0.1, -0.05) is 120 Å². The zero-order chi connectivity index (χ0) is 94.4. The SMILES string of the molecule is CC[C@@]12C=CCN3[C@@H]1[C@@]14CC3(C)[C@]3(O)CC5CN(CCc6c([nH]c7ccccc67)[C@](C)(C5)c5cc1c(cc5OC)N(C)C4[C@@](O)(C(=O)CNC(=O)OCCSSC[C@@H](CC(=O)[C@H](CC(=O)O)NC(=O)[C@@H](N)CNC(=O)[C@@H](CC(=O)[C@H](Cc1ccccc1)NC(=O)CCNC(=O)CC[C@H](NC(=O)N[C@@H](CCC(=O)O)OC=O)C(=O)O)Cc1ccccc1)C(=O)O)[C@@H]2O)C3.O=C=O. The maximum Gasteiger partial charge on any atom is 0.407 e. The van der Waals surface area contributed by atoms with Gasteiger partial charge in [-0.3, -0.25) is 62.5 Å². The summed E-state index contributed by atoms with van der Waals surface area (Å²) in [6, 6.07) is 20.5. The van der Waals surface area contributed by atoms with Crippen molar-refractivity contribution in [3.63, 3.8) is 0 Å². The fourth-order valence-electron chi connectivity index (χ4n) is 20.9. The Hall–Kier alpha value is -11.6. The van der Waals surface area contributed by atoms with E-state index in [1.807, 2.05) is 43.2 Å². The maximum absolute atomic E-state index is 15.6. The van der Waals surface area contributed by atoms with Crippen molar-refractivity contribution in [1.29, 1.82) is 0 Å². The summed E-state index contributed by atoms with van der Waals surface area (Å²) in [6.07, 6.45) is -2.03. The molecule has 18 atom stereocenters. The molecule has 7 aliphatic rings. The quantitative estimate of drug-likeness (QED) is 0.00876. The normalized spacial score (nSPS) is 25.5. The van der Waals surface area contributed by atoms with Crippen LogP contribution in [-0.2, 0) is 107 Å². The molecule has 130 heavy (non-hydrogen) atoms. The van der Waals surface area contributed by atoms with Gasteiger partial charge in [0.25, 0.3) is 6.47 Å². The minimum atomic E-state index is -2.58. The van der Waals surface area contributed by atoms with Crippen molar-refractivity contribution < 1.29 is 127 Å². The third kappa shape index (κ3) is 21.2. The Morgan fingerprint density at radius 3 is 2.06 bits per heavy atom. The number of amides is 7. The molecule has 8 bridgehead atoms. The average Bonchev–Trinajstić information content (AvgIpc) is 1.46. The second kappa shape index (κ2) is 42.5. The predicted molar refractivity (Wildman–Crippen MR) is 469 cm³/mol. The van der Waals surface area contributed by atoms with Gasteiger partial charge in [-0.2, -0.15) is 9.59 Å². The van der Waals surface area contributed by atoms with Crippen LogP contribution in [0.2, 0.25) is 0 Å². The standard InChI is InChI=1S/C89H112N12O24S2.CO2/c1-6-86-28-15-30-101-79(86)88-47-85(101,3)87(121)42-52-41-84(2,74-56(27-31-100(45-52)48-87)55-20-13-14-21-60(55)95-74)58-38-57(88)64(40-67(58)123-5)99(4)80(88)89(122,81(86)118)68(105)44-93-83(120)124-32-33-126-127-46-54(77(114)115)37-66(104)63(39-73(110)111)96-76(113)59(90)43-92-75(112)53(34-50-16-9-7-10-17-50)36-65(103)62(35-51-18-11-8-12-19-51)94-70(107)26-29-91-69(106)23-22-61(78(116)117)97-82(119)98-71(125-49-102)24-25-72(108)109;2-1-3/h7-21,28,38,40,49,52-54,59,61-63,71,79-81,95,118,121-122H,6,22-27,29-37,39,41-48,90H2,1-5H3,(H,91,106)(H,92,112)(H,93,120)(H,94,107)(H,96,113)(H,108,109)(H,110,111)(H,114,115)(H,116,117)(H2,97,98,119);/t52?,53-,54-,59+,61+,62+,63+,71-,79+,80?,81-,84-,85?,86-,87+,88-,89+;/m1./s1. The monoisotopic (exact) mass is 1840 g/mol. The fraction of sp³-hybridized carbons (Fsp3) is 0.522. The molecule has 700 valence electrons. The van der Waals surface area contributed by atoms with Crippen LogP contribution in [0.15, 0.2) is 109 Å². The molecule has 5 aromatic rings. The van der Waals surface area contributed by atoms with E-state index in [9.17, 15) is 93.0 Å². The van der Waals surface area contributed by atoms with Crippen LogP contribution >= 0.6 is 21.6 Å². The third-order valence-electron chi connectivity index (χ3n) is 26.8. The van der Waals surface area contributed by atoms with Crippen LogP contribution in [0.4, 0.5) is 15.3 Å². The van der Waals surface area contributed by atoms with Crippen molar-refractivity contribution in [2.75, 3.05) is 83.0 Å². The molecule has 7 amide bonds. The first-order chi connectivity index (χ1) is 61.9. The number of fused-ring (bicyclic) bond motifs is 12. The van der Waals surface area contributed by atoms with Crippen LogP contribution in [0.1, 0.15) is 131 Å². The summed E-state index contributed by atoms with van der Waals surface area (Å²) in [6.45, 7) is 6.59. The number of nitrogens with one attached hydrogen (secondary N) is 8. The number of ether oxygens (including phenoxy) is 3. The first kappa shape index (κ1) is 99.0. The molecule has 4 unspecified atom stereocenters. The van der Waals surface area contributed by atoms with Crippen molar-refractivity contribution in [3.05, 3.63) is 143 Å². The number of aromatic nitrogens is 1. The van der Waals surface area contributed by atoms with Gasteiger partial charge < -0.3 is 103 Å². The van der Waals surface area contributed by atoms with Crippen LogP contribution in [0.5, 0.6) is 5.75 Å². The molecule has 38 nitrogen and oxygen atoms in total. The van der Waals surface area contributed by atoms with Crippen LogP contribution < -0.4 is 52.6 Å². The topological polar surface area (TPSA) is 578 Å². The van der Waals surface area contributed by atoms with Gasteiger partial charge in [0, 0.05) is 158 Å². The Morgan fingerprint density at radius 2 is 1.40 bits per heavy atom. The van der Waals surface area contributed by atoms with Crippen molar-refractivity contribution in [2.45, 2.75) is 193 Å². The van der Waals surface area contributed by atoms with Gasteiger partial charge in [-0.25, -0.2) is 14.4 Å². The molecule has 3 fully saturated rings. The molecule has 5 aliphatic heterocycles. The van der Waals surface area contributed by atoms with Gasteiger partial charge in [0.2, 0.25) is 23.6 Å². The van der Waals surface area contributed by atoms with E-state index in [1.54, 1.807) is 67.8 Å². The molecule has 12 rings (SSSR count). The third-order valence-corrected chi connectivity index (χ3v) is 29.3. The lowest BCUT2D eigenvalue weighted by atomic mass is 9.47. The number of methoxy groups -OCH3 is 1. The molecule has 6 heterocycles. The van der Waals surface area contributed by atoms with Crippen molar-refractivity contribution in [1.82, 2.24) is 52.0 Å². The summed E-state index contributed by atoms with van der Waals surface area (Å²) in [5, 5.41) is 98.1. The molecular weight excluding hydrogens is 1730 g/mol. The number of alkyl carbamates (subject to hydrolysis) is 1. The van der Waals surface area contributed by atoms with Crippen LogP contribution in [0, 0.1) is 23.2 Å². The minimum Gasteiger partial charge on any atom is -0.496 e. The number of nitrogens with zero attached hydrogens (tertiary/aromatic N) is 3. The molecule has 17 N–H and O–H groups in total. The fourth-order valence-corrected chi connectivity index (χ4v) is 23.1. The van der Waals surface area contributed by atoms with Crippen LogP contribution in [-0.4, -0.2) is 284 Å². The zero-order valence-corrected chi connectivity index (χ0v) is 74.3. The molecule has 0 radical (unpaired) electrons. The number of carboxylic acids is 4. The summed E-state index contributed by atoms with van der Waals surface area (Å²) >= 11 is 0. The Morgan fingerprint density at radius 1 is 0.723 bits per heavy atom. The number of carboxylic acid groups (broad SMARTS) is 4. The maximum atomic E-state index is 15.6. The molecule has 4 aromatic carbocycles. The lowest BCUT2D eigenvalue weighted by Crippen LogP contribution is -2.81. The number of aromatic amines is 1. The van der Waals surface area contributed by atoms with Gasteiger partial charge in [0.05, 0.1) is 56.1 Å². The van der Waals surface area contributed by atoms with Crippen LogP contribution in [0.25, 0.3) is 10.9 Å². The van der Waals surface area contributed by atoms with Gasteiger partial charge in [0.15, 0.2) is 29.2 Å². The number of para-hydroxylation sites is 1. The van der Waals surface area contributed by atoms with E-state index >= 15 is 4.79 Å². The lowest BCUT2D eigenvalue weighted by Gasteiger charge is -2.64. The van der Waals surface area contributed by atoms with E-state index in [0.29, 0.717) is 61.5 Å². The largest absolute Gasteiger partial charge is 0.496 e. The summed E-state index contributed by atoms with van der Waals surface area (Å²) < 4.78 is 16.6. The van der Waals surface area contributed by atoms with Gasteiger partial charge in [0.1, 0.15) is 30.5 Å². The number of H-pyrrole nitrogens is 1. The van der Waals surface area contributed by atoms with Crippen molar-refractivity contribution >= 4 is 128 Å². The van der Waals surface area contributed by atoms with Crippen molar-refractivity contribution in [2.24, 2.45) is 28.9 Å². The van der Waals surface area contributed by atoms with Gasteiger partial charge >= 0.3 is 42.2 Å². The zero-order valence-electron chi connectivity index (χ0n) is 72.6. The summed E-state index contributed by atoms with van der Waals surface area (Å²) in [4.78, 5) is 210. The first-order valence-corrected chi connectivity index (χ1v) is 45.5. The van der Waals surface area contributed by atoms with E-state index in [0.717, 1.165) is 62.3 Å². The molecule has 2 aliphatic carbocycles. The molecule has 2 saturated heterocycles. The number of aliphatic hydroxyl groups excluding tert-OH is 1. The van der Waals surface area contributed by atoms with E-state index in [2.05, 4.69) is 94.9 Å². The Labute approximate surface area is 756 Å². The van der Waals surface area contributed by atoms with E-state index in [1.165, 1.54) is 5.56 Å². The highest BCUT2D eigenvalue weighted by Gasteiger charge is 2.83. The number of anilines is 1. The molecule has 40 heteroatoms. The van der Waals surface area contributed by atoms with Gasteiger partial charge in [-0.15, -0.1) is 0 Å². The smallest absolute Gasteiger partial charge is 0.407 e. The number of ketones is 3. The second-order valence-corrected chi connectivity index (χ2v) is 37.5. The highest BCUT2D eigenvalue weighted by molar-refractivity contribution is 8.76. The number of aliphatic carboxylic acids is 4. The number of carbonyl (C=O) groups is 14. The first-order valence-electron chi connectivity index (χ1n) is 43.0. The number of benzene rings is 4. The van der Waals surface area contributed by atoms with Crippen LogP contribution in [0.3, 0.4) is 0 Å². The number of urea groups is 1. The number of aliphatic hydroxyl groups is 3. The number of likely N-dealkylation sites (N-methyl/N-ethyl adjacent to an activating group) is 1. The summed E-state index contributed by atoms with van der Waals surface area (Å²) in [5.41, 5.74) is 5.17. The number of carbonyl (C=O) groups excluding carboxylic acids is 12. The number of hydrogen-bond acceptors (Lipinski definition) is 28. The Kier molecular flexibility index (Phi) is 32.4. The second-order valence-electron chi connectivity index (χ2n) is 34.9. The summed E-state index contributed by atoms with van der Waals surface area (Å²) in [7, 11) is 5.52. The average molecular weight is 1840 g/mol. The number of rotatable bonds is 44. The Balaban J connectivity index is 0.00000537. The van der Waals surface area contributed by atoms with Crippen molar-refractivity contribution in [3.8, 4) is 5.75 Å². The molecule has 1 aromatic heterocycles. The number of piperidine rings is 1. The minimum absolute atomic E-state index is 0.00403. The highest BCUT2D eigenvalue weighted by atomic mass is 33.1. The number of Topliss-reactive ketones (excluding diaryl/α,β-unsaturated/α-hetero) is 3. The molecule has 1 saturated carbocycles. The molecule has 1 spiro atoms.